The molecule has 1 saturated carbocycles. The van der Waals surface area contributed by atoms with Crippen molar-refractivity contribution in [3.63, 3.8) is 0 Å². The molecule has 0 aromatic heterocycles. The molecule has 1 saturated heterocycles. The summed E-state index contributed by atoms with van der Waals surface area (Å²) >= 11 is 0. The Morgan fingerprint density at radius 2 is 1.95 bits per heavy atom. The third-order valence-electron chi connectivity index (χ3n) is 5.38. The van der Waals surface area contributed by atoms with Crippen LogP contribution in [0.4, 0.5) is 0 Å². The van der Waals surface area contributed by atoms with E-state index in [0.717, 1.165) is 12.0 Å². The van der Waals surface area contributed by atoms with Gasteiger partial charge < -0.3 is 0 Å². The van der Waals surface area contributed by atoms with Crippen LogP contribution in [0.25, 0.3) is 0 Å². The first-order chi connectivity index (χ1) is 9.62. The number of likely N-dealkylation sites (tertiary alicyclic amines) is 1. The Morgan fingerprint density at radius 1 is 1.20 bits per heavy atom. The third kappa shape index (κ3) is 1.30. The zero-order valence-corrected chi connectivity index (χ0v) is 11.5. The minimum atomic E-state index is -0.495. The first kappa shape index (κ1) is 11.9. The number of hydrogen-bond donors (Lipinski definition) is 0. The summed E-state index contributed by atoms with van der Waals surface area (Å²) in [5, 5.41) is 0. The van der Waals surface area contributed by atoms with Crippen LogP contribution in [0.5, 0.6) is 0 Å². The Kier molecular flexibility index (Phi) is 2.27. The molecule has 0 radical (unpaired) electrons. The highest BCUT2D eigenvalue weighted by molar-refractivity contribution is 6.08. The van der Waals surface area contributed by atoms with E-state index in [1.807, 2.05) is 37.3 Å². The molecule has 3 nitrogen and oxygen atoms in total. The number of amides is 2. The highest BCUT2D eigenvalue weighted by Gasteiger charge is 2.66. The second kappa shape index (κ2) is 3.81. The number of carbonyl (C=O) groups excluding carboxylic acids is 2. The maximum atomic E-state index is 12.8. The molecule has 1 aliphatic heterocycles. The van der Waals surface area contributed by atoms with Crippen molar-refractivity contribution < 1.29 is 9.59 Å². The van der Waals surface area contributed by atoms with Gasteiger partial charge in [0.05, 0.1) is 17.9 Å². The van der Waals surface area contributed by atoms with Gasteiger partial charge in [0.2, 0.25) is 11.8 Å². The van der Waals surface area contributed by atoms with E-state index < -0.39 is 5.41 Å². The summed E-state index contributed by atoms with van der Waals surface area (Å²) in [6.45, 7) is 2.39. The van der Waals surface area contributed by atoms with Crippen LogP contribution in [0.2, 0.25) is 0 Å². The summed E-state index contributed by atoms with van der Waals surface area (Å²) in [6, 6.07) is 9.74. The highest BCUT2D eigenvalue weighted by atomic mass is 16.2. The average molecular weight is 267 g/mol. The fourth-order valence-corrected chi connectivity index (χ4v) is 4.30. The second-order valence-corrected chi connectivity index (χ2v) is 6.37. The van der Waals surface area contributed by atoms with E-state index in [1.54, 1.807) is 0 Å². The first-order valence-electron chi connectivity index (χ1n) is 7.20. The van der Waals surface area contributed by atoms with Gasteiger partial charge in [0, 0.05) is 0 Å². The summed E-state index contributed by atoms with van der Waals surface area (Å²) in [5.41, 5.74) is 0.517. The van der Waals surface area contributed by atoms with Gasteiger partial charge in [-0.1, -0.05) is 42.5 Å². The molecule has 3 aliphatic rings. The van der Waals surface area contributed by atoms with Gasteiger partial charge in [0.1, 0.15) is 0 Å². The lowest BCUT2D eigenvalue weighted by molar-refractivity contribution is -0.142. The molecule has 1 aromatic carbocycles. The second-order valence-electron chi connectivity index (χ2n) is 6.37. The predicted molar refractivity (Wildman–Crippen MR) is 74.3 cm³/mol. The maximum Gasteiger partial charge on any atom is 0.236 e. The zero-order valence-electron chi connectivity index (χ0n) is 11.5. The first-order valence-corrected chi connectivity index (χ1v) is 7.20. The van der Waals surface area contributed by atoms with Gasteiger partial charge in [-0.2, -0.15) is 0 Å². The number of hydrogen-bond acceptors (Lipinski definition) is 2. The fourth-order valence-electron chi connectivity index (χ4n) is 4.30. The predicted octanol–water partition coefficient (Wildman–Crippen LogP) is 2.38. The average Bonchev–Trinajstić information content (AvgIpc) is 3.08. The lowest BCUT2D eigenvalue weighted by atomic mass is 9.71. The molecule has 20 heavy (non-hydrogen) atoms. The lowest BCUT2D eigenvalue weighted by Crippen LogP contribution is -2.37. The van der Waals surface area contributed by atoms with Crippen molar-refractivity contribution in [3.05, 3.63) is 48.0 Å². The molecule has 4 atom stereocenters. The van der Waals surface area contributed by atoms with Crippen molar-refractivity contribution in [3.8, 4) is 0 Å². The van der Waals surface area contributed by atoms with Gasteiger partial charge in [-0.15, -0.1) is 0 Å². The number of fused-ring (bicyclic) bond motifs is 5. The van der Waals surface area contributed by atoms with E-state index in [2.05, 4.69) is 12.2 Å². The number of allylic oxidation sites excluding steroid dienone is 2. The largest absolute Gasteiger partial charge is 0.277 e. The molecule has 1 heterocycles. The van der Waals surface area contributed by atoms with E-state index in [-0.39, 0.29) is 29.6 Å². The minimum absolute atomic E-state index is 0.0215. The van der Waals surface area contributed by atoms with Crippen LogP contribution in [-0.2, 0) is 16.1 Å². The molecule has 0 spiro atoms. The summed E-state index contributed by atoms with van der Waals surface area (Å²) in [6.07, 6.45) is 5.24. The van der Waals surface area contributed by atoms with Crippen LogP contribution in [0.1, 0.15) is 18.9 Å². The summed E-state index contributed by atoms with van der Waals surface area (Å²) in [4.78, 5) is 26.9. The van der Waals surface area contributed by atoms with Gasteiger partial charge >= 0.3 is 0 Å². The van der Waals surface area contributed by atoms with Crippen LogP contribution < -0.4 is 0 Å². The van der Waals surface area contributed by atoms with E-state index in [0.29, 0.717) is 6.54 Å². The molecule has 2 aliphatic carbocycles. The van der Waals surface area contributed by atoms with E-state index in [4.69, 9.17) is 0 Å². The molecule has 2 bridgehead atoms. The molecule has 0 N–H and O–H groups in total. The van der Waals surface area contributed by atoms with Crippen LogP contribution >= 0.6 is 0 Å². The number of nitrogens with zero attached hydrogens (tertiary/aromatic N) is 1. The molecule has 0 unspecified atom stereocenters. The van der Waals surface area contributed by atoms with Gasteiger partial charge in [-0.05, 0) is 30.7 Å². The van der Waals surface area contributed by atoms with Gasteiger partial charge in [0.25, 0.3) is 0 Å². The number of imide groups is 1. The van der Waals surface area contributed by atoms with Gasteiger partial charge in [-0.25, -0.2) is 0 Å². The third-order valence-corrected chi connectivity index (χ3v) is 5.38. The Labute approximate surface area is 118 Å². The van der Waals surface area contributed by atoms with Crippen molar-refractivity contribution in [2.75, 3.05) is 0 Å². The quantitative estimate of drug-likeness (QED) is 0.609. The molecule has 2 amide bonds. The Hall–Kier alpha value is -1.90. The normalized spacial score (nSPS) is 37.9. The fraction of sp³-hybridized carbons (Fsp3) is 0.412. The highest BCUT2D eigenvalue weighted by Crippen LogP contribution is 2.60. The number of carbonyl (C=O) groups is 2. The van der Waals surface area contributed by atoms with Crippen molar-refractivity contribution in [1.29, 1.82) is 0 Å². The smallest absolute Gasteiger partial charge is 0.236 e. The lowest BCUT2D eigenvalue weighted by Gasteiger charge is -2.28. The van der Waals surface area contributed by atoms with Crippen LogP contribution in [0.3, 0.4) is 0 Å². The number of benzene rings is 1. The molecular weight excluding hydrogens is 250 g/mol. The van der Waals surface area contributed by atoms with Crippen molar-refractivity contribution in [1.82, 2.24) is 4.90 Å². The number of rotatable bonds is 2. The standard InChI is InChI=1S/C17H17NO2/c1-17-13-8-7-12(9-13)14(17)15(19)18(16(17)20)10-11-5-3-2-4-6-11/h2-8,12-14H,9-10H2,1H3/t12-,13-,14+,17+/m0/s1. The SMILES string of the molecule is C[C@]12C(=O)N(Cc3ccccc3)C(=O)[C@H]1[C@H]1C=C[C@H]2C1. The summed E-state index contributed by atoms with van der Waals surface area (Å²) in [5.74, 6) is 0.428. The molecule has 2 fully saturated rings. The Morgan fingerprint density at radius 3 is 2.65 bits per heavy atom. The van der Waals surface area contributed by atoms with E-state index >= 15 is 0 Å². The van der Waals surface area contributed by atoms with Crippen molar-refractivity contribution in [2.45, 2.75) is 19.9 Å². The van der Waals surface area contributed by atoms with Crippen molar-refractivity contribution in [2.24, 2.45) is 23.2 Å². The maximum absolute atomic E-state index is 12.8. The minimum Gasteiger partial charge on any atom is -0.277 e. The monoisotopic (exact) mass is 267 g/mol. The molecule has 3 heteroatoms. The van der Waals surface area contributed by atoms with Crippen LogP contribution in [0, 0.1) is 23.2 Å². The van der Waals surface area contributed by atoms with Crippen LogP contribution in [0.15, 0.2) is 42.5 Å². The molecule has 1 aromatic rings. The molecule has 102 valence electrons. The Bertz CT molecular complexity index is 621. The summed E-state index contributed by atoms with van der Waals surface area (Å²) in [7, 11) is 0. The topological polar surface area (TPSA) is 37.4 Å². The molecular formula is C17H17NO2. The zero-order chi connectivity index (χ0) is 13.9. The van der Waals surface area contributed by atoms with Crippen molar-refractivity contribution >= 4 is 11.8 Å². The van der Waals surface area contributed by atoms with E-state index in [1.165, 1.54) is 4.90 Å². The van der Waals surface area contributed by atoms with Gasteiger partial charge in [0.15, 0.2) is 0 Å². The van der Waals surface area contributed by atoms with Gasteiger partial charge in [-0.3, -0.25) is 14.5 Å². The van der Waals surface area contributed by atoms with Crippen LogP contribution in [-0.4, -0.2) is 16.7 Å². The Balaban J connectivity index is 1.68. The summed E-state index contributed by atoms with van der Waals surface area (Å²) < 4.78 is 0. The molecule has 4 rings (SSSR count). The van der Waals surface area contributed by atoms with E-state index in [9.17, 15) is 9.59 Å².